The zero-order chi connectivity index (χ0) is 19.5. The summed E-state index contributed by atoms with van der Waals surface area (Å²) in [6.07, 6.45) is 7.20. The lowest BCUT2D eigenvalue weighted by atomic mass is 9.83. The Bertz CT molecular complexity index is 873. The molecule has 2 heterocycles. The van der Waals surface area contributed by atoms with Crippen molar-refractivity contribution in [1.29, 1.82) is 0 Å². The first-order valence-corrected chi connectivity index (χ1v) is 9.98. The molecule has 7 nitrogen and oxygen atoms in total. The smallest absolute Gasteiger partial charge is 0.246 e. The van der Waals surface area contributed by atoms with Crippen LogP contribution in [0.3, 0.4) is 0 Å². The number of rotatable bonds is 3. The highest BCUT2D eigenvalue weighted by atomic mass is 16.2. The van der Waals surface area contributed by atoms with Crippen molar-refractivity contribution in [3.8, 4) is 0 Å². The van der Waals surface area contributed by atoms with Crippen LogP contribution in [0.2, 0.25) is 0 Å². The van der Waals surface area contributed by atoms with Crippen LogP contribution in [0, 0.1) is 0 Å². The molecular formula is C21H28N6O. The van der Waals surface area contributed by atoms with Gasteiger partial charge in [-0.25, -0.2) is 0 Å². The van der Waals surface area contributed by atoms with Crippen molar-refractivity contribution in [3.05, 3.63) is 47.8 Å². The van der Waals surface area contributed by atoms with E-state index in [9.17, 15) is 4.79 Å². The number of carbonyl (C=O) groups excluding carboxylic acids is 1. The number of nitrogens with one attached hydrogen (secondary N) is 1. The molecule has 1 aromatic carbocycles. The van der Waals surface area contributed by atoms with E-state index < -0.39 is 0 Å². The Morgan fingerprint density at radius 2 is 2.18 bits per heavy atom. The lowest BCUT2D eigenvalue weighted by Gasteiger charge is -2.36. The lowest BCUT2D eigenvalue weighted by molar-refractivity contribution is -0.120. The van der Waals surface area contributed by atoms with E-state index in [-0.39, 0.29) is 5.91 Å². The zero-order valence-electron chi connectivity index (χ0n) is 16.6. The van der Waals surface area contributed by atoms with Gasteiger partial charge in [-0.15, -0.1) is 0 Å². The molecule has 0 spiro atoms. The molecule has 0 radical (unpaired) electrons. The molecule has 148 valence electrons. The van der Waals surface area contributed by atoms with E-state index in [0.717, 1.165) is 24.7 Å². The van der Waals surface area contributed by atoms with Gasteiger partial charge in [-0.05, 0) is 30.4 Å². The molecule has 2 aliphatic rings. The van der Waals surface area contributed by atoms with Crippen molar-refractivity contribution in [2.75, 3.05) is 38.1 Å². The molecule has 1 saturated heterocycles. The van der Waals surface area contributed by atoms with Gasteiger partial charge in [0.25, 0.3) is 0 Å². The molecule has 0 bridgehead atoms. The van der Waals surface area contributed by atoms with Crippen LogP contribution < -0.4 is 10.2 Å². The van der Waals surface area contributed by atoms with Gasteiger partial charge in [0.2, 0.25) is 5.91 Å². The van der Waals surface area contributed by atoms with Crippen molar-refractivity contribution in [2.45, 2.75) is 25.2 Å². The van der Waals surface area contributed by atoms with Crippen LogP contribution in [0.15, 0.2) is 41.7 Å². The summed E-state index contributed by atoms with van der Waals surface area (Å²) in [7, 11) is 3.65. The molecule has 1 fully saturated rings. The van der Waals surface area contributed by atoms with Crippen LogP contribution in [0.25, 0.3) is 0 Å². The van der Waals surface area contributed by atoms with Crippen molar-refractivity contribution < 1.29 is 4.79 Å². The Hall–Kier alpha value is -2.83. The maximum Gasteiger partial charge on any atom is 0.246 e. The molecule has 0 saturated carbocycles. The predicted molar refractivity (Wildman–Crippen MR) is 111 cm³/mol. The number of aliphatic imine (C=N–C) groups is 1. The van der Waals surface area contributed by atoms with Gasteiger partial charge in [0.1, 0.15) is 6.54 Å². The van der Waals surface area contributed by atoms with E-state index in [1.54, 1.807) is 22.8 Å². The van der Waals surface area contributed by atoms with Gasteiger partial charge < -0.3 is 15.1 Å². The minimum atomic E-state index is 0.0743. The number of carbonyl (C=O) groups is 1. The molecule has 1 aliphatic heterocycles. The Balaban J connectivity index is 1.37. The standard InChI is InChI=1S/C21H28N6O/c1-22-21(23-12-17-8-5-7-16-6-3-4-9-19(16)17)26-10-11-27(20(28)15-26)18-13-24-25(2)14-18/h3-4,6,9,13-14,17H,5,7-8,10-12,15H2,1-2H3,(H,22,23). The SMILES string of the molecule is CN=C(NCC1CCCc2ccccc21)N1CCN(c2cnn(C)c2)C(=O)C1. The summed E-state index contributed by atoms with van der Waals surface area (Å²) in [5.41, 5.74) is 3.78. The lowest BCUT2D eigenvalue weighted by Crippen LogP contribution is -2.55. The van der Waals surface area contributed by atoms with Gasteiger partial charge >= 0.3 is 0 Å². The second kappa shape index (κ2) is 8.04. The first kappa shape index (κ1) is 18.5. The average Bonchev–Trinajstić information content (AvgIpc) is 3.14. The Kier molecular flexibility index (Phi) is 5.32. The fourth-order valence-electron chi connectivity index (χ4n) is 4.29. The molecule has 1 amide bonds. The van der Waals surface area contributed by atoms with E-state index in [2.05, 4.69) is 39.7 Å². The van der Waals surface area contributed by atoms with Crippen molar-refractivity contribution in [2.24, 2.45) is 12.0 Å². The fraction of sp³-hybridized carbons (Fsp3) is 0.476. The molecule has 28 heavy (non-hydrogen) atoms. The fourth-order valence-corrected chi connectivity index (χ4v) is 4.29. The summed E-state index contributed by atoms with van der Waals surface area (Å²) >= 11 is 0. The van der Waals surface area contributed by atoms with Crippen LogP contribution in [0.4, 0.5) is 5.69 Å². The van der Waals surface area contributed by atoms with E-state index >= 15 is 0 Å². The van der Waals surface area contributed by atoms with Crippen LogP contribution in [0.5, 0.6) is 0 Å². The maximum atomic E-state index is 12.7. The molecule has 1 aromatic heterocycles. The number of amides is 1. The number of piperazine rings is 1. The van der Waals surface area contributed by atoms with Gasteiger partial charge in [-0.3, -0.25) is 14.5 Å². The average molecular weight is 380 g/mol. The Labute approximate surface area is 166 Å². The number of benzene rings is 1. The first-order valence-electron chi connectivity index (χ1n) is 9.98. The summed E-state index contributed by atoms with van der Waals surface area (Å²) in [6.45, 7) is 2.57. The molecule has 1 unspecified atom stereocenters. The molecule has 1 aliphatic carbocycles. The minimum absolute atomic E-state index is 0.0743. The molecule has 7 heteroatoms. The number of guanidine groups is 1. The third-order valence-electron chi connectivity index (χ3n) is 5.74. The van der Waals surface area contributed by atoms with Gasteiger partial charge in [0.15, 0.2) is 5.96 Å². The highest BCUT2D eigenvalue weighted by molar-refractivity contribution is 5.98. The number of aryl methyl sites for hydroxylation is 2. The second-order valence-corrected chi connectivity index (χ2v) is 7.56. The van der Waals surface area contributed by atoms with Gasteiger partial charge in [0, 0.05) is 45.8 Å². The van der Waals surface area contributed by atoms with Gasteiger partial charge in [-0.1, -0.05) is 24.3 Å². The zero-order valence-corrected chi connectivity index (χ0v) is 16.6. The van der Waals surface area contributed by atoms with E-state index in [1.165, 1.54) is 30.4 Å². The number of aromatic nitrogens is 2. The summed E-state index contributed by atoms with van der Waals surface area (Å²) in [6, 6.07) is 8.75. The summed E-state index contributed by atoms with van der Waals surface area (Å²) in [4.78, 5) is 20.9. The second-order valence-electron chi connectivity index (χ2n) is 7.56. The number of anilines is 1. The maximum absolute atomic E-state index is 12.7. The molecule has 1 atom stereocenters. The Morgan fingerprint density at radius 1 is 1.32 bits per heavy atom. The number of hydrogen-bond acceptors (Lipinski definition) is 3. The summed E-state index contributed by atoms with van der Waals surface area (Å²) < 4.78 is 1.72. The van der Waals surface area contributed by atoms with Crippen molar-refractivity contribution >= 4 is 17.6 Å². The Morgan fingerprint density at radius 3 is 2.93 bits per heavy atom. The number of nitrogens with zero attached hydrogens (tertiary/aromatic N) is 5. The van der Waals surface area contributed by atoms with Crippen LogP contribution in [-0.4, -0.2) is 59.8 Å². The van der Waals surface area contributed by atoms with E-state index in [4.69, 9.17) is 0 Å². The molecule has 1 N–H and O–H groups in total. The third-order valence-corrected chi connectivity index (χ3v) is 5.74. The normalized spacial score (nSPS) is 20.3. The van der Waals surface area contributed by atoms with Crippen molar-refractivity contribution in [1.82, 2.24) is 20.0 Å². The highest BCUT2D eigenvalue weighted by Crippen LogP contribution is 2.30. The predicted octanol–water partition coefficient (Wildman–Crippen LogP) is 1.76. The van der Waals surface area contributed by atoms with Crippen LogP contribution >= 0.6 is 0 Å². The van der Waals surface area contributed by atoms with Crippen LogP contribution in [0.1, 0.15) is 29.9 Å². The van der Waals surface area contributed by atoms with Gasteiger partial charge in [-0.2, -0.15) is 5.10 Å². The van der Waals surface area contributed by atoms with Crippen LogP contribution in [-0.2, 0) is 18.3 Å². The third kappa shape index (κ3) is 3.74. The molecular weight excluding hydrogens is 352 g/mol. The van der Waals surface area contributed by atoms with Crippen molar-refractivity contribution in [3.63, 3.8) is 0 Å². The minimum Gasteiger partial charge on any atom is -0.356 e. The molecule has 2 aromatic rings. The molecule has 4 rings (SSSR count). The topological polar surface area (TPSA) is 65.8 Å². The van der Waals surface area contributed by atoms with E-state index in [1.807, 2.05) is 18.1 Å². The first-order chi connectivity index (χ1) is 13.7. The summed E-state index contributed by atoms with van der Waals surface area (Å²) in [5.74, 6) is 1.38. The van der Waals surface area contributed by atoms with Gasteiger partial charge in [0.05, 0.1) is 11.9 Å². The highest BCUT2D eigenvalue weighted by Gasteiger charge is 2.28. The largest absolute Gasteiger partial charge is 0.356 e. The number of fused-ring (bicyclic) bond motifs is 1. The number of hydrogen-bond donors (Lipinski definition) is 1. The van der Waals surface area contributed by atoms with E-state index in [0.29, 0.717) is 19.0 Å². The monoisotopic (exact) mass is 380 g/mol. The summed E-state index contributed by atoms with van der Waals surface area (Å²) in [5, 5.41) is 7.69. The quantitative estimate of drug-likeness (QED) is 0.651.